The second kappa shape index (κ2) is 11.3. The summed E-state index contributed by atoms with van der Waals surface area (Å²) in [4.78, 5) is 10.5. The Balaban J connectivity index is 0.00000312. The molecule has 1 aromatic heterocycles. The van der Waals surface area contributed by atoms with E-state index in [4.69, 9.17) is 4.74 Å². The van der Waals surface area contributed by atoms with Crippen molar-refractivity contribution in [2.75, 3.05) is 20.2 Å². The number of methoxy groups -OCH3 is 1. The molecule has 0 spiro atoms. The number of rotatable bonds is 7. The van der Waals surface area contributed by atoms with Crippen molar-refractivity contribution in [3.05, 3.63) is 45.4 Å². The Bertz CT molecular complexity index is 651. The van der Waals surface area contributed by atoms with Gasteiger partial charge >= 0.3 is 0 Å². The fraction of sp³-hybridized carbons (Fsp3) is 0.444. The van der Waals surface area contributed by atoms with Gasteiger partial charge in [-0.3, -0.25) is 0 Å². The molecular formula is C18H27IN4OS. The quantitative estimate of drug-likeness (QED) is 0.365. The number of nitrogens with zero attached hydrogens (tertiary/aromatic N) is 2. The normalized spacial score (nSPS) is 11.0. The molecule has 2 aromatic rings. The number of thiazole rings is 1. The van der Waals surface area contributed by atoms with E-state index in [0.717, 1.165) is 42.5 Å². The predicted octanol–water partition coefficient (Wildman–Crippen LogP) is 3.68. The highest BCUT2D eigenvalue weighted by molar-refractivity contribution is 14.0. The number of hydrogen-bond acceptors (Lipinski definition) is 4. The van der Waals surface area contributed by atoms with Gasteiger partial charge in [-0.1, -0.05) is 12.1 Å². The van der Waals surface area contributed by atoms with Gasteiger partial charge in [0, 0.05) is 24.4 Å². The Kier molecular flexibility index (Phi) is 9.81. The third-order valence-corrected chi connectivity index (χ3v) is 4.76. The molecule has 0 amide bonds. The largest absolute Gasteiger partial charge is 0.497 e. The first-order valence-electron chi connectivity index (χ1n) is 8.20. The maximum atomic E-state index is 5.17. The van der Waals surface area contributed by atoms with Crippen molar-refractivity contribution in [1.29, 1.82) is 0 Å². The van der Waals surface area contributed by atoms with Gasteiger partial charge in [0.2, 0.25) is 0 Å². The number of aromatic nitrogens is 1. The summed E-state index contributed by atoms with van der Waals surface area (Å²) in [5, 5.41) is 7.82. The molecule has 1 aromatic carbocycles. The van der Waals surface area contributed by atoms with Crippen molar-refractivity contribution in [3.63, 3.8) is 0 Å². The van der Waals surface area contributed by atoms with Crippen LogP contribution >= 0.6 is 35.3 Å². The number of ether oxygens (including phenoxy) is 1. The van der Waals surface area contributed by atoms with Crippen LogP contribution in [0.5, 0.6) is 5.75 Å². The summed E-state index contributed by atoms with van der Waals surface area (Å²) in [6, 6.07) is 7.98. The van der Waals surface area contributed by atoms with E-state index in [9.17, 15) is 0 Å². The van der Waals surface area contributed by atoms with Crippen LogP contribution in [0, 0.1) is 13.8 Å². The molecule has 0 aliphatic heterocycles. The van der Waals surface area contributed by atoms with E-state index < -0.39 is 0 Å². The van der Waals surface area contributed by atoms with Crippen molar-refractivity contribution >= 4 is 41.3 Å². The molecule has 7 heteroatoms. The first-order valence-corrected chi connectivity index (χ1v) is 9.02. The van der Waals surface area contributed by atoms with E-state index in [0.29, 0.717) is 6.54 Å². The highest BCUT2D eigenvalue weighted by atomic mass is 127. The molecule has 0 atom stereocenters. The van der Waals surface area contributed by atoms with Crippen molar-refractivity contribution in [3.8, 4) is 5.75 Å². The minimum atomic E-state index is 0. The van der Waals surface area contributed by atoms with Gasteiger partial charge in [0.1, 0.15) is 5.75 Å². The van der Waals surface area contributed by atoms with Gasteiger partial charge in [0.25, 0.3) is 0 Å². The number of aliphatic imine (C=N–C) groups is 1. The SMILES string of the molecule is CCNC(=NCc1ccc(OC)cc1)NCCc1nc(C)c(C)s1.I. The Morgan fingerprint density at radius 2 is 1.92 bits per heavy atom. The van der Waals surface area contributed by atoms with Crippen LogP contribution in [0.2, 0.25) is 0 Å². The Morgan fingerprint density at radius 1 is 1.20 bits per heavy atom. The molecule has 138 valence electrons. The van der Waals surface area contributed by atoms with Crippen LogP contribution in [-0.4, -0.2) is 31.1 Å². The van der Waals surface area contributed by atoms with Gasteiger partial charge in [-0.05, 0) is 38.5 Å². The monoisotopic (exact) mass is 474 g/mol. The summed E-state index contributed by atoms with van der Waals surface area (Å²) < 4.78 is 5.17. The molecule has 0 aliphatic rings. The van der Waals surface area contributed by atoms with Crippen molar-refractivity contribution in [2.45, 2.75) is 33.7 Å². The third-order valence-electron chi connectivity index (χ3n) is 3.63. The Morgan fingerprint density at radius 3 is 2.48 bits per heavy atom. The molecule has 0 aliphatic carbocycles. The molecule has 0 radical (unpaired) electrons. The van der Waals surface area contributed by atoms with Crippen LogP contribution in [0.4, 0.5) is 0 Å². The second-order valence-electron chi connectivity index (χ2n) is 5.47. The number of guanidine groups is 1. The van der Waals surface area contributed by atoms with Gasteiger partial charge in [-0.15, -0.1) is 35.3 Å². The maximum Gasteiger partial charge on any atom is 0.191 e. The average molecular weight is 474 g/mol. The third kappa shape index (κ3) is 7.19. The number of halogens is 1. The van der Waals surface area contributed by atoms with Gasteiger partial charge in [-0.2, -0.15) is 0 Å². The smallest absolute Gasteiger partial charge is 0.191 e. The van der Waals surface area contributed by atoms with Gasteiger partial charge in [0.15, 0.2) is 5.96 Å². The lowest BCUT2D eigenvalue weighted by Crippen LogP contribution is -2.38. The topological polar surface area (TPSA) is 58.5 Å². The van der Waals surface area contributed by atoms with Crippen LogP contribution in [0.25, 0.3) is 0 Å². The molecule has 0 saturated carbocycles. The number of benzene rings is 1. The molecule has 0 bridgehead atoms. The lowest BCUT2D eigenvalue weighted by atomic mass is 10.2. The van der Waals surface area contributed by atoms with E-state index in [1.54, 1.807) is 18.4 Å². The van der Waals surface area contributed by atoms with Crippen molar-refractivity contribution < 1.29 is 4.74 Å². The molecule has 5 nitrogen and oxygen atoms in total. The number of aryl methyl sites for hydroxylation is 2. The summed E-state index contributed by atoms with van der Waals surface area (Å²) in [6.07, 6.45) is 0.909. The first-order chi connectivity index (χ1) is 11.6. The van der Waals surface area contributed by atoms with Crippen molar-refractivity contribution in [1.82, 2.24) is 15.6 Å². The highest BCUT2D eigenvalue weighted by Gasteiger charge is 2.04. The van der Waals surface area contributed by atoms with Gasteiger partial charge in [0.05, 0.1) is 24.4 Å². The zero-order valence-electron chi connectivity index (χ0n) is 15.3. The van der Waals surface area contributed by atoms with E-state index >= 15 is 0 Å². The lowest BCUT2D eigenvalue weighted by molar-refractivity contribution is 0.414. The number of hydrogen-bond donors (Lipinski definition) is 2. The van der Waals surface area contributed by atoms with E-state index in [-0.39, 0.29) is 24.0 Å². The van der Waals surface area contributed by atoms with Crippen LogP contribution in [-0.2, 0) is 13.0 Å². The molecule has 2 rings (SSSR count). The number of nitrogens with one attached hydrogen (secondary N) is 2. The summed E-state index contributed by atoms with van der Waals surface area (Å²) in [7, 11) is 1.67. The summed E-state index contributed by atoms with van der Waals surface area (Å²) in [5.74, 6) is 1.69. The highest BCUT2D eigenvalue weighted by Crippen LogP contribution is 2.16. The molecule has 25 heavy (non-hydrogen) atoms. The van der Waals surface area contributed by atoms with E-state index in [2.05, 4.69) is 41.4 Å². The zero-order valence-corrected chi connectivity index (χ0v) is 18.4. The van der Waals surface area contributed by atoms with Crippen LogP contribution in [0.3, 0.4) is 0 Å². The lowest BCUT2D eigenvalue weighted by Gasteiger charge is -2.10. The molecule has 2 N–H and O–H groups in total. The summed E-state index contributed by atoms with van der Waals surface area (Å²) in [5.41, 5.74) is 2.29. The van der Waals surface area contributed by atoms with E-state index in [1.807, 2.05) is 24.3 Å². The minimum Gasteiger partial charge on any atom is -0.497 e. The molecule has 1 heterocycles. The first kappa shape index (κ1) is 21.7. The average Bonchev–Trinajstić information content (AvgIpc) is 2.91. The summed E-state index contributed by atoms with van der Waals surface area (Å²) in [6.45, 7) is 8.53. The Labute approximate surface area is 171 Å². The zero-order chi connectivity index (χ0) is 17.4. The van der Waals surface area contributed by atoms with Crippen molar-refractivity contribution in [2.24, 2.45) is 4.99 Å². The van der Waals surface area contributed by atoms with Crippen LogP contribution in [0.1, 0.15) is 28.1 Å². The molecule has 0 unspecified atom stereocenters. The second-order valence-corrected chi connectivity index (χ2v) is 6.76. The molecular weight excluding hydrogens is 447 g/mol. The fourth-order valence-electron chi connectivity index (χ4n) is 2.18. The summed E-state index contributed by atoms with van der Waals surface area (Å²) >= 11 is 1.77. The maximum absolute atomic E-state index is 5.17. The van der Waals surface area contributed by atoms with Crippen LogP contribution in [0.15, 0.2) is 29.3 Å². The van der Waals surface area contributed by atoms with Gasteiger partial charge < -0.3 is 15.4 Å². The standard InChI is InChI=1S/C18H26N4OS.HI/c1-5-19-18(20-11-10-17-22-13(2)14(3)24-17)21-12-15-6-8-16(23-4)9-7-15;/h6-9H,5,10-12H2,1-4H3,(H2,19,20,21);1H. The van der Waals surface area contributed by atoms with E-state index in [1.165, 1.54) is 9.88 Å². The fourth-order valence-corrected chi connectivity index (χ4v) is 3.11. The van der Waals surface area contributed by atoms with Crippen LogP contribution < -0.4 is 15.4 Å². The molecule has 0 saturated heterocycles. The van der Waals surface area contributed by atoms with Gasteiger partial charge in [-0.25, -0.2) is 9.98 Å². The molecule has 0 fully saturated rings. The Hall–Kier alpha value is -1.35. The minimum absolute atomic E-state index is 0. The predicted molar refractivity (Wildman–Crippen MR) is 117 cm³/mol.